The van der Waals surface area contributed by atoms with Gasteiger partial charge in [0, 0.05) is 0 Å². The molecule has 1 fully saturated rings. The summed E-state index contributed by atoms with van der Waals surface area (Å²) in [6.07, 6.45) is 0.814. The first-order chi connectivity index (χ1) is 18.7. The average Bonchev–Trinajstić information content (AvgIpc) is 2.86. The molecule has 0 saturated carbocycles. The number of amides is 1. The number of benzene rings is 3. The fourth-order valence-electron chi connectivity index (χ4n) is 5.30. The van der Waals surface area contributed by atoms with Crippen LogP contribution in [0, 0.1) is 23.3 Å². The topological polar surface area (TPSA) is 48.1 Å². The van der Waals surface area contributed by atoms with Crippen molar-refractivity contribution >= 4 is 17.3 Å². The normalized spacial score (nSPS) is 17.7. The number of anilines is 2. The summed E-state index contributed by atoms with van der Waals surface area (Å²) in [6, 6.07) is 9.39. The SMILES string of the molecule is COc1ccc(F)c2c1C1CC(=C3N(C2)c2cc(C(=O)NCc4c(F)cc(F)cc4F)ccc2N(C)N3C)[I-]1. The quantitative estimate of drug-likeness (QED) is 0.267. The van der Waals surface area contributed by atoms with Gasteiger partial charge in [0.2, 0.25) is 0 Å². The van der Waals surface area contributed by atoms with Gasteiger partial charge in [-0.3, -0.25) is 0 Å². The van der Waals surface area contributed by atoms with Crippen LogP contribution in [0.25, 0.3) is 0 Å². The third kappa shape index (κ3) is 4.17. The Morgan fingerprint density at radius 3 is 2.41 bits per heavy atom. The van der Waals surface area contributed by atoms with Crippen LogP contribution < -0.4 is 41.2 Å². The van der Waals surface area contributed by atoms with Crippen LogP contribution >= 0.6 is 0 Å². The van der Waals surface area contributed by atoms with Gasteiger partial charge in [0.1, 0.15) is 5.82 Å². The minimum absolute atomic E-state index is 0.250. The van der Waals surface area contributed by atoms with E-state index in [1.165, 1.54) is 9.65 Å². The van der Waals surface area contributed by atoms with E-state index in [1.807, 2.05) is 24.0 Å². The van der Waals surface area contributed by atoms with Gasteiger partial charge in [0.25, 0.3) is 0 Å². The Bertz CT molecular complexity index is 1530. The van der Waals surface area contributed by atoms with Crippen molar-refractivity contribution in [3.8, 4) is 5.75 Å². The number of hydrogen-bond acceptors (Lipinski definition) is 5. The van der Waals surface area contributed by atoms with Gasteiger partial charge < -0.3 is 0 Å². The number of alkyl halides is 1. The number of allylic oxidation sites excluding steroid dienone is 1. The Kier molecular flexibility index (Phi) is 6.35. The predicted octanol–water partition coefficient (Wildman–Crippen LogP) is 2.20. The first-order valence-electron chi connectivity index (χ1n) is 12.2. The van der Waals surface area contributed by atoms with E-state index >= 15 is 4.39 Å². The molecule has 1 atom stereocenters. The molecule has 1 saturated heterocycles. The molecule has 0 radical (unpaired) electrons. The zero-order valence-electron chi connectivity index (χ0n) is 21.3. The van der Waals surface area contributed by atoms with E-state index < -0.39 is 56.7 Å². The van der Waals surface area contributed by atoms with Crippen LogP contribution in [0.4, 0.5) is 28.9 Å². The first kappa shape index (κ1) is 25.8. The maximum atomic E-state index is 15.3. The molecule has 2 bridgehead atoms. The van der Waals surface area contributed by atoms with Gasteiger partial charge in [-0.2, -0.15) is 0 Å². The molecular weight excluding hydrogens is 627 g/mol. The molecule has 3 aromatic rings. The molecule has 0 aromatic heterocycles. The Hall–Kier alpha value is -3.48. The number of methoxy groups -OCH3 is 1. The van der Waals surface area contributed by atoms with Crippen LogP contribution in [0.5, 0.6) is 5.75 Å². The molecule has 6 nitrogen and oxygen atoms in total. The fraction of sp³-hybridized carbons (Fsp3) is 0.250. The molecular formula is C28H24F4IN4O2-. The number of hydrazine groups is 1. The summed E-state index contributed by atoms with van der Waals surface area (Å²) < 4.78 is 63.9. The second kappa shape index (κ2) is 9.61. The molecule has 39 heavy (non-hydrogen) atoms. The van der Waals surface area contributed by atoms with Gasteiger partial charge in [-0.25, -0.2) is 4.39 Å². The molecule has 1 unspecified atom stereocenters. The van der Waals surface area contributed by atoms with Gasteiger partial charge in [0.05, 0.1) is 0 Å². The molecule has 0 aliphatic carbocycles. The molecule has 4 aliphatic heterocycles. The van der Waals surface area contributed by atoms with Crippen LogP contribution in [0.2, 0.25) is 0 Å². The number of rotatable bonds is 4. The van der Waals surface area contributed by atoms with Crippen LogP contribution in [0.1, 0.15) is 37.4 Å². The second-order valence-corrected chi connectivity index (χ2v) is 12.9. The number of halogens is 5. The summed E-state index contributed by atoms with van der Waals surface area (Å²) in [5, 5.41) is 6.57. The van der Waals surface area contributed by atoms with Crippen molar-refractivity contribution in [1.82, 2.24) is 10.3 Å². The zero-order valence-corrected chi connectivity index (χ0v) is 23.4. The van der Waals surface area contributed by atoms with E-state index in [2.05, 4.69) is 10.3 Å². The van der Waals surface area contributed by atoms with Gasteiger partial charge in [-0.15, -0.1) is 0 Å². The van der Waals surface area contributed by atoms with Crippen LogP contribution in [0.3, 0.4) is 0 Å². The standard InChI is InChI=1S/C28H24F4IN4O2/c1-35-23-6-4-14(27(38)34-12-16-19(31)9-15(29)10-20(16)32)8-24(23)37-13-17-18(30)5-7-25(39-3)26(17)21-11-22(33-21)28(37)36(35)2/h4-10,21H,11-13H2,1-3H3,(H,34,38)/q-1. The number of hydrogen-bond donors (Lipinski definition) is 1. The van der Waals surface area contributed by atoms with E-state index in [4.69, 9.17) is 4.74 Å². The number of fused-ring (bicyclic) bond motifs is 1. The third-order valence-corrected chi connectivity index (χ3v) is 10.9. The number of nitrogens with zero attached hydrogens (tertiary/aromatic N) is 3. The van der Waals surface area contributed by atoms with E-state index in [0.29, 0.717) is 29.1 Å². The summed E-state index contributed by atoms with van der Waals surface area (Å²) in [6.45, 7) is -0.195. The van der Waals surface area contributed by atoms with Crippen LogP contribution in [0.15, 0.2) is 51.9 Å². The van der Waals surface area contributed by atoms with Crippen molar-refractivity contribution < 1.29 is 48.3 Å². The van der Waals surface area contributed by atoms with Gasteiger partial charge in [-0.05, 0) is 0 Å². The number of nitrogens with one attached hydrogen (secondary N) is 1. The summed E-state index contributed by atoms with van der Waals surface area (Å²) in [5.74, 6) is -2.35. The molecule has 204 valence electrons. The fourth-order valence-corrected chi connectivity index (χ4v) is 8.69. The van der Waals surface area contributed by atoms with E-state index in [0.717, 1.165) is 23.5 Å². The van der Waals surface area contributed by atoms with Crippen molar-refractivity contribution in [2.24, 2.45) is 0 Å². The molecule has 1 N–H and O–H groups in total. The molecule has 11 heteroatoms. The Morgan fingerprint density at radius 2 is 1.72 bits per heavy atom. The van der Waals surface area contributed by atoms with Crippen LogP contribution in [-0.2, 0) is 13.1 Å². The average molecular weight is 651 g/mol. The third-order valence-electron chi connectivity index (χ3n) is 7.39. The minimum atomic E-state index is -1.07. The first-order valence-corrected chi connectivity index (χ1v) is 14.5. The van der Waals surface area contributed by atoms with Crippen molar-refractivity contribution in [3.05, 3.63) is 97.4 Å². The molecule has 1 amide bonds. The van der Waals surface area contributed by atoms with E-state index in [1.54, 1.807) is 31.4 Å². The van der Waals surface area contributed by atoms with Crippen molar-refractivity contribution in [2.45, 2.75) is 23.4 Å². The van der Waals surface area contributed by atoms with Crippen molar-refractivity contribution in [2.75, 3.05) is 31.1 Å². The molecule has 3 aromatic carbocycles. The van der Waals surface area contributed by atoms with Gasteiger partial charge in [-0.1, -0.05) is 0 Å². The second-order valence-electron chi connectivity index (χ2n) is 9.52. The summed E-state index contributed by atoms with van der Waals surface area (Å²) in [7, 11) is 5.49. The molecule has 4 aliphatic rings. The summed E-state index contributed by atoms with van der Waals surface area (Å²) in [4.78, 5) is 15.1. The number of ether oxygens (including phenoxy) is 1. The summed E-state index contributed by atoms with van der Waals surface area (Å²) in [5.41, 5.74) is 2.88. The molecule has 4 heterocycles. The Labute approximate surface area is 233 Å². The monoisotopic (exact) mass is 651 g/mol. The van der Waals surface area contributed by atoms with Crippen LogP contribution in [-0.4, -0.2) is 32.1 Å². The molecule has 0 spiro atoms. The van der Waals surface area contributed by atoms with E-state index in [-0.39, 0.29) is 21.9 Å². The zero-order chi connectivity index (χ0) is 27.6. The summed E-state index contributed by atoms with van der Waals surface area (Å²) >= 11 is -0.420. The van der Waals surface area contributed by atoms with Gasteiger partial charge in [0.15, 0.2) is 0 Å². The number of carbonyl (C=O) groups excluding carboxylic acids is 1. The van der Waals surface area contributed by atoms with E-state index in [9.17, 15) is 18.0 Å². The number of carbonyl (C=O) groups is 1. The van der Waals surface area contributed by atoms with Gasteiger partial charge >= 0.3 is 223 Å². The predicted molar refractivity (Wildman–Crippen MR) is 134 cm³/mol. The Balaban J connectivity index is 1.38. The van der Waals surface area contributed by atoms with Crippen molar-refractivity contribution in [3.63, 3.8) is 0 Å². The molecule has 7 rings (SSSR count). The Morgan fingerprint density at radius 1 is 1.00 bits per heavy atom. The van der Waals surface area contributed by atoms with Crippen molar-refractivity contribution in [1.29, 1.82) is 0 Å². The maximum absolute atomic E-state index is 15.3.